The molecule has 1 atom stereocenters. The lowest BCUT2D eigenvalue weighted by Gasteiger charge is -2.36. The lowest BCUT2D eigenvalue weighted by atomic mass is 10.1. The van der Waals surface area contributed by atoms with Crippen LogP contribution in [0.15, 0.2) is 29.2 Å². The highest BCUT2D eigenvalue weighted by molar-refractivity contribution is 7.89. The zero-order chi connectivity index (χ0) is 18.9. The summed E-state index contributed by atoms with van der Waals surface area (Å²) in [7, 11) is -3.84. The average Bonchev–Trinajstić information content (AvgIpc) is 3.00. The molecular weight excluding hydrogens is 373 g/mol. The third-order valence-corrected chi connectivity index (χ3v) is 6.48. The first-order valence-corrected chi connectivity index (χ1v) is 9.76. The summed E-state index contributed by atoms with van der Waals surface area (Å²) in [5.41, 5.74) is 0. The van der Waals surface area contributed by atoms with Crippen molar-refractivity contribution in [2.75, 3.05) is 19.6 Å². The Hall–Kier alpha value is -1.81. The van der Waals surface area contributed by atoms with Crippen LogP contribution in [0, 0.1) is 0 Å². The molecule has 2 fully saturated rings. The molecule has 1 aromatic carbocycles. The number of ether oxygens (including phenoxy) is 1. The minimum atomic E-state index is -4.83. The van der Waals surface area contributed by atoms with E-state index in [-0.39, 0.29) is 23.4 Å². The Kier molecular flexibility index (Phi) is 5.16. The van der Waals surface area contributed by atoms with Crippen LogP contribution >= 0.6 is 0 Å². The molecule has 2 saturated heterocycles. The van der Waals surface area contributed by atoms with Gasteiger partial charge >= 0.3 is 6.36 Å². The van der Waals surface area contributed by atoms with Crippen molar-refractivity contribution in [1.29, 1.82) is 0 Å². The third kappa shape index (κ3) is 4.12. The fourth-order valence-corrected chi connectivity index (χ4v) is 4.93. The van der Waals surface area contributed by atoms with Crippen molar-refractivity contribution in [3.05, 3.63) is 24.3 Å². The fraction of sp³-hybridized carbons (Fsp3) is 0.562. The Morgan fingerprint density at radius 2 is 1.77 bits per heavy atom. The molecule has 0 spiro atoms. The van der Waals surface area contributed by atoms with E-state index in [0.29, 0.717) is 25.9 Å². The van der Waals surface area contributed by atoms with E-state index in [1.165, 1.54) is 4.31 Å². The lowest BCUT2D eigenvalue weighted by molar-refractivity contribution is -0.274. The highest BCUT2D eigenvalue weighted by Gasteiger charge is 2.36. The van der Waals surface area contributed by atoms with Gasteiger partial charge in [-0.3, -0.25) is 4.79 Å². The first-order chi connectivity index (χ1) is 12.2. The van der Waals surface area contributed by atoms with E-state index in [9.17, 15) is 26.4 Å². The minimum Gasteiger partial charge on any atom is -0.406 e. The van der Waals surface area contributed by atoms with E-state index in [2.05, 4.69) is 4.74 Å². The number of amides is 1. The van der Waals surface area contributed by atoms with E-state index in [0.717, 1.165) is 37.1 Å². The summed E-state index contributed by atoms with van der Waals surface area (Å²) >= 11 is 0. The van der Waals surface area contributed by atoms with Crippen LogP contribution in [0.3, 0.4) is 0 Å². The normalized spacial score (nSPS) is 22.7. The van der Waals surface area contributed by atoms with Crippen molar-refractivity contribution in [3.63, 3.8) is 0 Å². The number of nitrogens with zero attached hydrogens (tertiary/aromatic N) is 2. The summed E-state index contributed by atoms with van der Waals surface area (Å²) in [6.45, 7) is 1.16. The van der Waals surface area contributed by atoms with Gasteiger partial charge in [0, 0.05) is 32.1 Å². The van der Waals surface area contributed by atoms with Crippen molar-refractivity contribution >= 4 is 15.9 Å². The predicted molar refractivity (Wildman–Crippen MR) is 85.9 cm³/mol. The van der Waals surface area contributed by atoms with Crippen molar-refractivity contribution in [2.45, 2.75) is 43.0 Å². The molecule has 3 rings (SSSR count). The van der Waals surface area contributed by atoms with Crippen LogP contribution in [-0.4, -0.2) is 55.6 Å². The predicted octanol–water partition coefficient (Wildman–Crippen LogP) is 2.36. The molecule has 1 unspecified atom stereocenters. The summed E-state index contributed by atoms with van der Waals surface area (Å²) in [5, 5.41) is 0. The van der Waals surface area contributed by atoms with Crippen molar-refractivity contribution in [2.24, 2.45) is 0 Å². The number of benzene rings is 1. The minimum absolute atomic E-state index is 0.0444. The number of piperidine rings is 1. The number of sulfonamides is 1. The third-order valence-electron chi connectivity index (χ3n) is 4.61. The van der Waals surface area contributed by atoms with Gasteiger partial charge in [0.2, 0.25) is 15.9 Å². The zero-order valence-corrected chi connectivity index (χ0v) is 14.7. The van der Waals surface area contributed by atoms with Crippen molar-refractivity contribution in [3.8, 4) is 5.75 Å². The Labute approximate surface area is 149 Å². The highest BCUT2D eigenvalue weighted by Crippen LogP contribution is 2.28. The molecule has 26 heavy (non-hydrogen) atoms. The van der Waals surface area contributed by atoms with Gasteiger partial charge in [0.25, 0.3) is 0 Å². The van der Waals surface area contributed by atoms with E-state index in [4.69, 9.17) is 0 Å². The fourth-order valence-electron chi connectivity index (χ4n) is 3.41. The summed E-state index contributed by atoms with van der Waals surface area (Å²) < 4.78 is 67.3. The summed E-state index contributed by atoms with van der Waals surface area (Å²) in [6, 6.07) is 4.00. The number of halogens is 3. The molecule has 2 aliphatic rings. The van der Waals surface area contributed by atoms with Gasteiger partial charge < -0.3 is 9.64 Å². The highest BCUT2D eigenvalue weighted by atomic mass is 32.2. The largest absolute Gasteiger partial charge is 0.573 e. The molecule has 144 valence electrons. The first kappa shape index (κ1) is 19.0. The lowest BCUT2D eigenvalue weighted by Crippen LogP contribution is -2.50. The number of rotatable bonds is 4. The van der Waals surface area contributed by atoms with Crippen LogP contribution in [0.25, 0.3) is 0 Å². The maximum absolute atomic E-state index is 12.8. The first-order valence-electron chi connectivity index (χ1n) is 8.32. The van der Waals surface area contributed by atoms with Crippen LogP contribution in [0.2, 0.25) is 0 Å². The van der Waals surface area contributed by atoms with Crippen LogP contribution in [-0.2, 0) is 14.8 Å². The van der Waals surface area contributed by atoms with E-state index in [1.54, 1.807) is 4.90 Å². The number of carbonyl (C=O) groups excluding carboxylic acids is 1. The average molecular weight is 392 g/mol. The van der Waals surface area contributed by atoms with Crippen LogP contribution in [0.5, 0.6) is 5.75 Å². The number of likely N-dealkylation sites (tertiary alicyclic amines) is 1. The van der Waals surface area contributed by atoms with Gasteiger partial charge in [0.15, 0.2) is 0 Å². The second-order valence-electron chi connectivity index (χ2n) is 6.37. The molecule has 0 bridgehead atoms. The molecule has 0 saturated carbocycles. The van der Waals surface area contributed by atoms with Crippen LogP contribution in [0.1, 0.15) is 25.7 Å². The zero-order valence-electron chi connectivity index (χ0n) is 13.9. The van der Waals surface area contributed by atoms with Gasteiger partial charge in [-0.05, 0) is 43.5 Å². The topological polar surface area (TPSA) is 66.9 Å². The SMILES string of the molecule is O=C1CCCN1C1CCCN(S(=O)(=O)c2ccc(OC(F)(F)F)cc2)C1. The molecule has 0 aliphatic carbocycles. The van der Waals surface area contributed by atoms with E-state index < -0.39 is 22.1 Å². The Balaban J connectivity index is 1.73. The Bertz CT molecular complexity index is 765. The quantitative estimate of drug-likeness (QED) is 0.789. The maximum atomic E-state index is 12.8. The maximum Gasteiger partial charge on any atom is 0.573 e. The van der Waals surface area contributed by atoms with Gasteiger partial charge in [0.05, 0.1) is 4.90 Å². The molecule has 0 aromatic heterocycles. The number of carbonyl (C=O) groups is 1. The molecule has 0 N–H and O–H groups in total. The van der Waals surface area contributed by atoms with Gasteiger partial charge in [-0.15, -0.1) is 13.2 Å². The number of hydrogen-bond acceptors (Lipinski definition) is 4. The molecule has 10 heteroatoms. The van der Waals surface area contributed by atoms with Crippen LogP contribution in [0.4, 0.5) is 13.2 Å². The second kappa shape index (κ2) is 7.07. The molecule has 1 amide bonds. The summed E-state index contributed by atoms with van der Waals surface area (Å²) in [4.78, 5) is 13.5. The molecule has 0 radical (unpaired) electrons. The van der Waals surface area contributed by atoms with Gasteiger partial charge in [-0.2, -0.15) is 4.31 Å². The number of alkyl halides is 3. The second-order valence-corrected chi connectivity index (χ2v) is 8.31. The molecule has 2 aliphatic heterocycles. The van der Waals surface area contributed by atoms with E-state index >= 15 is 0 Å². The van der Waals surface area contributed by atoms with Crippen molar-refractivity contribution < 1.29 is 31.1 Å². The van der Waals surface area contributed by atoms with Crippen LogP contribution < -0.4 is 4.74 Å². The number of hydrogen-bond donors (Lipinski definition) is 0. The molecule has 6 nitrogen and oxygen atoms in total. The summed E-state index contributed by atoms with van der Waals surface area (Å²) in [5.74, 6) is -0.432. The smallest absolute Gasteiger partial charge is 0.406 e. The molecule has 2 heterocycles. The van der Waals surface area contributed by atoms with Gasteiger partial charge in [-0.1, -0.05) is 0 Å². The standard InChI is InChI=1S/C16H19F3N2O4S/c17-16(18,19)25-13-5-7-14(8-6-13)26(23,24)20-9-1-3-12(11-20)21-10-2-4-15(21)22/h5-8,12H,1-4,9-11H2. The Morgan fingerprint density at radius 3 is 2.35 bits per heavy atom. The van der Waals surface area contributed by atoms with Gasteiger partial charge in [-0.25, -0.2) is 8.42 Å². The Morgan fingerprint density at radius 1 is 1.08 bits per heavy atom. The van der Waals surface area contributed by atoms with Gasteiger partial charge in [0.1, 0.15) is 5.75 Å². The van der Waals surface area contributed by atoms with Crippen molar-refractivity contribution in [1.82, 2.24) is 9.21 Å². The molecular formula is C16H19F3N2O4S. The van der Waals surface area contributed by atoms with E-state index in [1.807, 2.05) is 0 Å². The summed E-state index contributed by atoms with van der Waals surface area (Å²) in [6.07, 6.45) is -2.19. The monoisotopic (exact) mass is 392 g/mol. The molecule has 1 aromatic rings.